The molecule has 2 aliphatic rings. The van der Waals surface area contributed by atoms with Gasteiger partial charge in [0.15, 0.2) is 14.1 Å². The van der Waals surface area contributed by atoms with Gasteiger partial charge in [0.1, 0.15) is 12.2 Å². The zero-order valence-corrected chi connectivity index (χ0v) is 15.6. The van der Waals surface area contributed by atoms with Crippen molar-refractivity contribution >= 4 is 14.1 Å². The molecule has 0 aromatic rings. The first-order valence-electron chi connectivity index (χ1n) is 7.83. The van der Waals surface area contributed by atoms with Crippen LogP contribution < -0.4 is 0 Å². The summed E-state index contributed by atoms with van der Waals surface area (Å²) in [6, 6.07) is 0. The van der Waals surface area contributed by atoms with Crippen LogP contribution in [0.4, 0.5) is 0 Å². The van der Waals surface area contributed by atoms with Gasteiger partial charge in [0.05, 0.1) is 11.7 Å². The number of Topliss-reactive ketones (excluding diaryl/α,β-unsaturated/α-hetero) is 1. The van der Waals surface area contributed by atoms with E-state index in [1.165, 1.54) is 0 Å². The summed E-state index contributed by atoms with van der Waals surface area (Å²) in [4.78, 5) is 12.2. The lowest BCUT2D eigenvalue weighted by Gasteiger charge is -2.38. The van der Waals surface area contributed by atoms with E-state index in [-0.39, 0.29) is 29.1 Å². The number of epoxide rings is 1. The summed E-state index contributed by atoms with van der Waals surface area (Å²) >= 11 is 0. The summed E-state index contributed by atoms with van der Waals surface area (Å²) < 4.78 is 11.9. The summed E-state index contributed by atoms with van der Waals surface area (Å²) in [5.41, 5.74) is -0.373. The predicted octanol–water partition coefficient (Wildman–Crippen LogP) is 2.98. The molecule has 0 saturated carbocycles. The van der Waals surface area contributed by atoms with E-state index in [1.807, 2.05) is 6.08 Å². The van der Waals surface area contributed by atoms with Gasteiger partial charge in [-0.2, -0.15) is 0 Å². The number of rotatable bonds is 4. The maximum absolute atomic E-state index is 12.2. The molecule has 5 heteroatoms. The van der Waals surface area contributed by atoms with Gasteiger partial charge in [-0.25, -0.2) is 0 Å². The zero-order valence-electron chi connectivity index (χ0n) is 14.6. The molecule has 2 rings (SSSR count). The Kier molecular flexibility index (Phi) is 4.32. The maximum atomic E-state index is 12.2. The number of hydrogen-bond acceptors (Lipinski definition) is 4. The number of fused-ring (bicyclic) bond motifs is 1. The third-order valence-electron chi connectivity index (χ3n) is 4.64. The van der Waals surface area contributed by atoms with Crippen molar-refractivity contribution in [3.05, 3.63) is 23.8 Å². The Morgan fingerprint density at radius 1 is 1.27 bits per heavy atom. The Labute approximate surface area is 134 Å². The molecule has 1 heterocycles. The first kappa shape index (κ1) is 17.6. The first-order valence-corrected chi connectivity index (χ1v) is 10.7. The van der Waals surface area contributed by atoms with E-state index in [0.29, 0.717) is 5.57 Å². The normalized spacial score (nSPS) is 29.5. The van der Waals surface area contributed by atoms with Gasteiger partial charge >= 0.3 is 0 Å². The average Bonchev–Trinajstić information content (AvgIpc) is 3.08. The zero-order chi connectivity index (χ0) is 16.9. The van der Waals surface area contributed by atoms with E-state index in [1.54, 1.807) is 26.0 Å². The highest BCUT2D eigenvalue weighted by atomic mass is 28.4. The summed E-state index contributed by atoms with van der Waals surface area (Å²) in [7, 11) is -1.93. The lowest BCUT2D eigenvalue weighted by Crippen LogP contribution is -2.46. The molecule has 1 aliphatic heterocycles. The lowest BCUT2D eigenvalue weighted by molar-refractivity contribution is -0.116. The Morgan fingerprint density at radius 3 is 2.36 bits per heavy atom. The van der Waals surface area contributed by atoms with Crippen LogP contribution in [-0.4, -0.2) is 43.1 Å². The van der Waals surface area contributed by atoms with Gasteiger partial charge in [-0.15, -0.1) is 0 Å². The molecule has 3 atom stereocenters. The number of hydrogen-bond donors (Lipinski definition) is 1. The van der Waals surface area contributed by atoms with Gasteiger partial charge in [-0.05, 0) is 38.1 Å². The Hall–Kier alpha value is -0.753. The molecule has 22 heavy (non-hydrogen) atoms. The fourth-order valence-electron chi connectivity index (χ4n) is 2.15. The molecule has 0 amide bonds. The number of aliphatic hydroxyl groups is 1. The van der Waals surface area contributed by atoms with Crippen LogP contribution in [0.5, 0.6) is 0 Å². The molecule has 1 saturated heterocycles. The molecular weight excluding hydrogens is 296 g/mol. The smallest absolute Gasteiger partial charge is 0.194 e. The van der Waals surface area contributed by atoms with Crippen LogP contribution in [0.3, 0.4) is 0 Å². The van der Waals surface area contributed by atoms with Crippen molar-refractivity contribution < 1.29 is 19.1 Å². The molecule has 1 fully saturated rings. The molecular formula is C17H28O4Si. The largest absolute Gasteiger partial charge is 0.408 e. The minimum atomic E-state index is -1.93. The summed E-state index contributed by atoms with van der Waals surface area (Å²) in [5, 5.41) is 9.90. The molecule has 0 unspecified atom stereocenters. The van der Waals surface area contributed by atoms with Gasteiger partial charge in [-0.1, -0.05) is 32.9 Å². The van der Waals surface area contributed by atoms with Crippen molar-refractivity contribution in [3.8, 4) is 0 Å². The van der Waals surface area contributed by atoms with E-state index in [0.717, 1.165) is 0 Å². The molecule has 0 aromatic carbocycles. The van der Waals surface area contributed by atoms with Crippen molar-refractivity contribution in [2.24, 2.45) is 0 Å². The van der Waals surface area contributed by atoms with Gasteiger partial charge in [-0.3, -0.25) is 4.79 Å². The van der Waals surface area contributed by atoms with Crippen molar-refractivity contribution in [2.75, 3.05) is 0 Å². The van der Waals surface area contributed by atoms with E-state index < -0.39 is 13.9 Å². The number of ether oxygens (including phenoxy) is 1. The fourth-order valence-corrected chi connectivity index (χ4v) is 3.39. The summed E-state index contributed by atoms with van der Waals surface area (Å²) in [6.07, 6.45) is 4.48. The van der Waals surface area contributed by atoms with E-state index in [4.69, 9.17) is 9.16 Å². The molecule has 4 nitrogen and oxygen atoms in total. The molecule has 1 N–H and O–H groups in total. The molecule has 1 aliphatic carbocycles. The minimum Gasteiger partial charge on any atom is -0.408 e. The standard InChI is InChI=1S/C17H28O4Si/c1-16(2,3)22(6,7)21-12-10-11(8-9-17(4,5)19)13(18)15-14(12)20-15/h8-10,12,14-15,19H,1-7H3/b9-8+/t12-,14+,15-/m0/s1. The van der Waals surface area contributed by atoms with E-state index in [9.17, 15) is 9.90 Å². The summed E-state index contributed by atoms with van der Waals surface area (Å²) in [5.74, 6) is -0.0134. The van der Waals surface area contributed by atoms with E-state index >= 15 is 0 Å². The third kappa shape index (κ3) is 3.77. The quantitative estimate of drug-likeness (QED) is 0.638. The van der Waals surface area contributed by atoms with Crippen LogP contribution >= 0.6 is 0 Å². The monoisotopic (exact) mass is 324 g/mol. The van der Waals surface area contributed by atoms with Crippen LogP contribution in [-0.2, 0) is 14.0 Å². The number of carbonyl (C=O) groups is 1. The second kappa shape index (κ2) is 5.41. The lowest BCUT2D eigenvalue weighted by atomic mass is 9.94. The molecule has 0 spiro atoms. The highest BCUT2D eigenvalue weighted by Crippen LogP contribution is 2.42. The van der Waals surface area contributed by atoms with Gasteiger partial charge < -0.3 is 14.3 Å². The number of ketones is 1. The Bertz CT molecular complexity index is 520. The Morgan fingerprint density at radius 2 is 1.86 bits per heavy atom. The minimum absolute atomic E-state index is 0.0134. The highest BCUT2D eigenvalue weighted by molar-refractivity contribution is 6.74. The van der Waals surface area contributed by atoms with Crippen LogP contribution in [0.2, 0.25) is 18.1 Å². The highest BCUT2D eigenvalue weighted by Gasteiger charge is 2.55. The first-order chi connectivity index (χ1) is 9.82. The van der Waals surface area contributed by atoms with Gasteiger partial charge in [0, 0.05) is 5.57 Å². The van der Waals surface area contributed by atoms with Crippen LogP contribution in [0.25, 0.3) is 0 Å². The van der Waals surface area contributed by atoms with Crippen LogP contribution in [0.1, 0.15) is 34.6 Å². The number of allylic oxidation sites excluding steroid dienone is 1. The van der Waals surface area contributed by atoms with Crippen molar-refractivity contribution in [3.63, 3.8) is 0 Å². The van der Waals surface area contributed by atoms with Crippen molar-refractivity contribution in [1.29, 1.82) is 0 Å². The average molecular weight is 324 g/mol. The topological polar surface area (TPSA) is 59.1 Å². The fraction of sp³-hybridized carbons (Fsp3) is 0.706. The SMILES string of the molecule is CC(C)(O)/C=C/C1=C[C@H](O[Si](C)(C)C(C)(C)C)[C@H]2O[C@H]2C1=O. The van der Waals surface area contributed by atoms with Crippen LogP contribution in [0, 0.1) is 0 Å². The maximum Gasteiger partial charge on any atom is 0.194 e. The molecule has 124 valence electrons. The molecule has 0 radical (unpaired) electrons. The molecule has 0 aromatic heterocycles. The third-order valence-corrected chi connectivity index (χ3v) is 9.12. The summed E-state index contributed by atoms with van der Waals surface area (Å²) in [6.45, 7) is 14.3. The molecule has 0 bridgehead atoms. The second-order valence-corrected chi connectivity index (χ2v) is 13.1. The van der Waals surface area contributed by atoms with Gasteiger partial charge in [0.25, 0.3) is 0 Å². The predicted molar refractivity (Wildman–Crippen MR) is 89.3 cm³/mol. The van der Waals surface area contributed by atoms with Crippen molar-refractivity contribution in [2.45, 2.75) is 76.7 Å². The number of carbonyl (C=O) groups excluding carboxylic acids is 1. The van der Waals surface area contributed by atoms with Crippen molar-refractivity contribution in [1.82, 2.24) is 0 Å². The van der Waals surface area contributed by atoms with Gasteiger partial charge in [0.2, 0.25) is 0 Å². The second-order valence-electron chi connectivity index (χ2n) is 8.34. The van der Waals surface area contributed by atoms with E-state index in [2.05, 4.69) is 33.9 Å². The van der Waals surface area contributed by atoms with Crippen LogP contribution in [0.15, 0.2) is 23.8 Å². The Balaban J connectivity index is 2.21.